The maximum Gasteiger partial charge on any atom is 0.281 e. The second-order valence-electron chi connectivity index (χ2n) is 2.33. The molecule has 0 aromatic carbocycles. The van der Waals surface area contributed by atoms with Gasteiger partial charge in [0.2, 0.25) is 0 Å². The molecule has 1 aromatic heterocycles. The number of anilines is 1. The van der Waals surface area contributed by atoms with E-state index in [0.717, 1.165) is 0 Å². The average molecular weight is 271 g/mol. The second kappa shape index (κ2) is 4.19. The van der Waals surface area contributed by atoms with E-state index in [9.17, 15) is 8.78 Å². The number of pyridine rings is 1. The van der Waals surface area contributed by atoms with E-state index in [1.165, 1.54) is 6.20 Å². The quantitative estimate of drug-likeness (QED) is 0.839. The Morgan fingerprint density at radius 2 is 2.23 bits per heavy atom. The lowest BCUT2D eigenvalue weighted by molar-refractivity contribution is 0.146. The van der Waals surface area contributed by atoms with Crippen LogP contribution in [-0.4, -0.2) is 4.98 Å². The zero-order valence-corrected chi connectivity index (χ0v) is 8.74. The number of rotatable bonds is 2. The van der Waals surface area contributed by atoms with Crippen molar-refractivity contribution in [3.63, 3.8) is 0 Å². The standard InChI is InChI=1S/C7H6BrClF2N2/c8-1-3-2-13-6(7(10)11)4(9)5(3)12/h2,7H,1H2,(H2,12,13). The highest BCUT2D eigenvalue weighted by Crippen LogP contribution is 2.32. The molecule has 0 radical (unpaired) electrons. The van der Waals surface area contributed by atoms with Gasteiger partial charge in [-0.15, -0.1) is 0 Å². The molecule has 72 valence electrons. The third-order valence-corrected chi connectivity index (χ3v) is 2.52. The average Bonchev–Trinajstić information content (AvgIpc) is 2.09. The fourth-order valence-electron chi connectivity index (χ4n) is 0.811. The van der Waals surface area contributed by atoms with Gasteiger partial charge in [-0.3, -0.25) is 4.98 Å². The summed E-state index contributed by atoms with van der Waals surface area (Å²) < 4.78 is 24.5. The second-order valence-corrected chi connectivity index (χ2v) is 3.27. The summed E-state index contributed by atoms with van der Waals surface area (Å²) in [4.78, 5) is 3.52. The molecule has 1 heterocycles. The predicted octanol–water partition coefficient (Wildman–Crippen LogP) is 3.15. The fraction of sp³-hybridized carbons (Fsp3) is 0.286. The zero-order chi connectivity index (χ0) is 10.0. The molecule has 0 unspecified atom stereocenters. The van der Waals surface area contributed by atoms with Crippen LogP contribution in [0.25, 0.3) is 0 Å². The molecule has 0 aliphatic heterocycles. The maximum absolute atomic E-state index is 12.2. The molecular formula is C7H6BrClF2N2. The van der Waals surface area contributed by atoms with Gasteiger partial charge in [-0.2, -0.15) is 0 Å². The van der Waals surface area contributed by atoms with Crippen molar-refractivity contribution >= 4 is 33.2 Å². The highest BCUT2D eigenvalue weighted by molar-refractivity contribution is 9.08. The minimum absolute atomic E-state index is 0.156. The summed E-state index contributed by atoms with van der Waals surface area (Å²) in [5.74, 6) is 0. The Hall–Kier alpha value is -0.420. The van der Waals surface area contributed by atoms with Crippen LogP contribution >= 0.6 is 27.5 Å². The molecule has 0 bridgehead atoms. The minimum atomic E-state index is -2.70. The van der Waals surface area contributed by atoms with Crippen molar-refractivity contribution in [1.29, 1.82) is 0 Å². The van der Waals surface area contributed by atoms with E-state index in [-0.39, 0.29) is 10.7 Å². The lowest BCUT2D eigenvalue weighted by Crippen LogP contribution is -2.00. The molecule has 2 nitrogen and oxygen atoms in total. The van der Waals surface area contributed by atoms with Crippen LogP contribution in [0.4, 0.5) is 14.5 Å². The molecule has 0 saturated carbocycles. The number of nitrogens with two attached hydrogens (primary N) is 1. The van der Waals surface area contributed by atoms with Gasteiger partial charge < -0.3 is 5.73 Å². The van der Waals surface area contributed by atoms with E-state index in [2.05, 4.69) is 20.9 Å². The number of aromatic nitrogens is 1. The Morgan fingerprint density at radius 3 is 2.69 bits per heavy atom. The van der Waals surface area contributed by atoms with Crippen LogP contribution in [0.5, 0.6) is 0 Å². The van der Waals surface area contributed by atoms with Crippen molar-refractivity contribution < 1.29 is 8.78 Å². The fourth-order valence-corrected chi connectivity index (χ4v) is 1.51. The van der Waals surface area contributed by atoms with Crippen LogP contribution < -0.4 is 5.73 Å². The molecule has 0 saturated heterocycles. The van der Waals surface area contributed by atoms with Crippen molar-refractivity contribution in [3.8, 4) is 0 Å². The van der Waals surface area contributed by atoms with Crippen molar-refractivity contribution in [3.05, 3.63) is 22.5 Å². The smallest absolute Gasteiger partial charge is 0.281 e. The van der Waals surface area contributed by atoms with E-state index >= 15 is 0 Å². The summed E-state index contributed by atoms with van der Waals surface area (Å²) in [5, 5.41) is 0.279. The molecule has 0 spiro atoms. The molecule has 1 aromatic rings. The van der Waals surface area contributed by atoms with Gasteiger partial charge in [-0.1, -0.05) is 27.5 Å². The molecule has 0 atom stereocenters. The van der Waals surface area contributed by atoms with Crippen LogP contribution in [0, 0.1) is 0 Å². The van der Waals surface area contributed by atoms with Gasteiger partial charge in [0.05, 0.1) is 10.7 Å². The molecule has 13 heavy (non-hydrogen) atoms. The largest absolute Gasteiger partial charge is 0.397 e. The van der Waals surface area contributed by atoms with E-state index in [4.69, 9.17) is 17.3 Å². The topological polar surface area (TPSA) is 38.9 Å². The Balaban J connectivity index is 3.23. The lowest BCUT2D eigenvalue weighted by atomic mass is 10.2. The molecule has 1 rings (SSSR count). The monoisotopic (exact) mass is 270 g/mol. The van der Waals surface area contributed by atoms with E-state index in [1.807, 2.05) is 0 Å². The van der Waals surface area contributed by atoms with E-state index in [0.29, 0.717) is 10.9 Å². The van der Waals surface area contributed by atoms with Crippen LogP contribution in [0.1, 0.15) is 17.7 Å². The van der Waals surface area contributed by atoms with Gasteiger partial charge in [0.15, 0.2) is 0 Å². The Kier molecular flexibility index (Phi) is 3.44. The van der Waals surface area contributed by atoms with Gasteiger partial charge in [0, 0.05) is 17.1 Å². The summed E-state index contributed by atoms with van der Waals surface area (Å²) in [6.07, 6.45) is -1.41. The third kappa shape index (κ3) is 2.08. The van der Waals surface area contributed by atoms with Gasteiger partial charge in [0.25, 0.3) is 6.43 Å². The molecule has 0 fully saturated rings. The van der Waals surface area contributed by atoms with Crippen molar-refractivity contribution in [2.45, 2.75) is 11.8 Å². The highest BCUT2D eigenvalue weighted by atomic mass is 79.9. The summed E-state index contributed by atoms with van der Waals surface area (Å²) in [6.45, 7) is 0. The lowest BCUT2D eigenvalue weighted by Gasteiger charge is -2.07. The van der Waals surface area contributed by atoms with E-state index in [1.54, 1.807) is 0 Å². The first-order valence-electron chi connectivity index (χ1n) is 3.34. The van der Waals surface area contributed by atoms with E-state index < -0.39 is 12.1 Å². The highest BCUT2D eigenvalue weighted by Gasteiger charge is 2.17. The van der Waals surface area contributed by atoms with Crippen molar-refractivity contribution in [2.75, 3.05) is 5.73 Å². The van der Waals surface area contributed by atoms with Gasteiger partial charge >= 0.3 is 0 Å². The van der Waals surface area contributed by atoms with Crippen LogP contribution in [0.15, 0.2) is 6.20 Å². The zero-order valence-electron chi connectivity index (χ0n) is 6.40. The molecular weight excluding hydrogens is 265 g/mol. The summed E-state index contributed by atoms with van der Waals surface area (Å²) in [7, 11) is 0. The molecule has 0 aliphatic carbocycles. The first kappa shape index (κ1) is 10.7. The minimum Gasteiger partial charge on any atom is -0.397 e. The maximum atomic E-state index is 12.2. The number of hydrogen-bond donors (Lipinski definition) is 1. The van der Waals surface area contributed by atoms with Gasteiger partial charge in [0.1, 0.15) is 5.69 Å². The predicted molar refractivity (Wildman–Crippen MR) is 51.2 cm³/mol. The molecule has 0 amide bonds. The number of halogens is 4. The van der Waals surface area contributed by atoms with Crippen molar-refractivity contribution in [1.82, 2.24) is 4.98 Å². The normalized spacial score (nSPS) is 10.8. The first-order chi connectivity index (χ1) is 6.07. The molecule has 0 aliphatic rings. The molecule has 6 heteroatoms. The van der Waals surface area contributed by atoms with Gasteiger partial charge in [-0.05, 0) is 0 Å². The van der Waals surface area contributed by atoms with Crippen LogP contribution in [0.3, 0.4) is 0 Å². The molecule has 2 N–H and O–H groups in total. The number of nitrogen functional groups attached to an aromatic ring is 1. The summed E-state index contributed by atoms with van der Waals surface area (Å²) in [6, 6.07) is 0. The van der Waals surface area contributed by atoms with Crippen LogP contribution in [0.2, 0.25) is 5.02 Å². The Labute approximate surface area is 87.2 Å². The number of hydrogen-bond acceptors (Lipinski definition) is 2. The van der Waals surface area contributed by atoms with Gasteiger partial charge in [-0.25, -0.2) is 8.78 Å². The van der Waals surface area contributed by atoms with Crippen LogP contribution in [-0.2, 0) is 5.33 Å². The Morgan fingerprint density at radius 1 is 1.62 bits per heavy atom. The summed E-state index contributed by atoms with van der Waals surface area (Å²) >= 11 is 8.72. The summed E-state index contributed by atoms with van der Waals surface area (Å²) in [5.41, 5.74) is 5.79. The SMILES string of the molecule is Nc1c(CBr)cnc(C(F)F)c1Cl. The number of nitrogens with zero attached hydrogens (tertiary/aromatic N) is 1. The first-order valence-corrected chi connectivity index (χ1v) is 4.84. The number of alkyl halides is 3. The Bertz CT molecular complexity index is 320. The van der Waals surface area contributed by atoms with Crippen molar-refractivity contribution in [2.24, 2.45) is 0 Å². The third-order valence-electron chi connectivity index (χ3n) is 1.52.